The SMILES string of the molecule is CCCC(=O)c1cnc2ccc(OCC3CCN(C(=O)CCC)CC3)cc2c1Nc1ccccc1. The minimum Gasteiger partial charge on any atom is -0.493 e. The average molecular weight is 474 g/mol. The molecule has 184 valence electrons. The molecule has 2 heterocycles. The number of nitrogens with zero attached hydrogens (tertiary/aromatic N) is 2. The Bertz CT molecular complexity index is 1150. The van der Waals surface area contributed by atoms with Crippen molar-refractivity contribution in [3.8, 4) is 5.75 Å². The minimum absolute atomic E-state index is 0.0797. The topological polar surface area (TPSA) is 71.5 Å². The van der Waals surface area contributed by atoms with E-state index in [4.69, 9.17) is 4.74 Å². The van der Waals surface area contributed by atoms with Crippen LogP contribution < -0.4 is 10.1 Å². The number of amides is 1. The van der Waals surface area contributed by atoms with Crippen LogP contribution in [0.3, 0.4) is 0 Å². The van der Waals surface area contributed by atoms with Crippen molar-refractivity contribution in [3.05, 3.63) is 60.3 Å². The van der Waals surface area contributed by atoms with Crippen molar-refractivity contribution in [1.29, 1.82) is 0 Å². The van der Waals surface area contributed by atoms with Crippen LogP contribution in [0.2, 0.25) is 0 Å². The van der Waals surface area contributed by atoms with Gasteiger partial charge in [0.2, 0.25) is 5.91 Å². The van der Waals surface area contributed by atoms with Crippen LogP contribution in [0.25, 0.3) is 10.9 Å². The predicted octanol–water partition coefficient (Wildman–Crippen LogP) is 6.38. The highest BCUT2D eigenvalue weighted by atomic mass is 16.5. The molecule has 1 aliphatic rings. The third-order valence-corrected chi connectivity index (χ3v) is 6.58. The maximum Gasteiger partial charge on any atom is 0.222 e. The molecule has 1 aromatic heterocycles. The molecule has 0 radical (unpaired) electrons. The standard InChI is InChI=1S/C29H35N3O3/c1-3-8-27(33)25-19-30-26-13-12-23(18-24(26)29(25)31-22-10-6-5-7-11-22)35-20-21-14-16-32(17-15-21)28(34)9-4-2/h5-7,10-13,18-19,21H,3-4,8-9,14-17,20H2,1-2H3,(H,30,31). The number of rotatable bonds is 10. The molecule has 0 saturated carbocycles. The first kappa shape index (κ1) is 24.7. The van der Waals surface area contributed by atoms with E-state index >= 15 is 0 Å². The van der Waals surface area contributed by atoms with Crippen LogP contribution in [0.5, 0.6) is 5.75 Å². The highest BCUT2D eigenvalue weighted by molar-refractivity contribution is 6.09. The number of ether oxygens (including phenoxy) is 1. The van der Waals surface area contributed by atoms with E-state index in [-0.39, 0.29) is 11.7 Å². The van der Waals surface area contributed by atoms with E-state index < -0.39 is 0 Å². The quantitative estimate of drug-likeness (QED) is 0.346. The van der Waals surface area contributed by atoms with Gasteiger partial charge in [0.05, 0.1) is 23.4 Å². The Hall–Kier alpha value is -3.41. The number of Topliss-reactive ketones (excluding diaryl/α,β-unsaturated/α-hetero) is 1. The zero-order chi connectivity index (χ0) is 24.6. The normalized spacial score (nSPS) is 14.2. The third-order valence-electron chi connectivity index (χ3n) is 6.58. The Morgan fingerprint density at radius 3 is 2.49 bits per heavy atom. The zero-order valence-electron chi connectivity index (χ0n) is 20.8. The lowest BCUT2D eigenvalue weighted by Crippen LogP contribution is -2.39. The molecular formula is C29H35N3O3. The van der Waals surface area contributed by atoms with Gasteiger partial charge >= 0.3 is 0 Å². The Labute approximate surface area is 207 Å². The molecule has 0 spiro atoms. The molecule has 1 fully saturated rings. The number of ketones is 1. The largest absolute Gasteiger partial charge is 0.493 e. The maximum absolute atomic E-state index is 12.9. The third kappa shape index (κ3) is 6.18. The second-order valence-corrected chi connectivity index (χ2v) is 9.28. The van der Waals surface area contributed by atoms with Gasteiger partial charge in [-0.3, -0.25) is 14.6 Å². The van der Waals surface area contributed by atoms with Crippen molar-refractivity contribution in [1.82, 2.24) is 9.88 Å². The van der Waals surface area contributed by atoms with Gasteiger partial charge in [0.1, 0.15) is 5.75 Å². The average Bonchev–Trinajstić information content (AvgIpc) is 2.89. The lowest BCUT2D eigenvalue weighted by molar-refractivity contribution is -0.132. The first-order valence-corrected chi connectivity index (χ1v) is 12.8. The Kier molecular flexibility index (Phi) is 8.35. The summed E-state index contributed by atoms with van der Waals surface area (Å²) >= 11 is 0. The van der Waals surface area contributed by atoms with Crippen molar-refractivity contribution in [2.75, 3.05) is 25.0 Å². The van der Waals surface area contributed by atoms with Crippen LogP contribution in [0.1, 0.15) is 62.7 Å². The van der Waals surface area contributed by atoms with Gasteiger partial charge in [-0.25, -0.2) is 0 Å². The summed E-state index contributed by atoms with van der Waals surface area (Å²) < 4.78 is 6.21. The summed E-state index contributed by atoms with van der Waals surface area (Å²) in [5, 5.41) is 4.33. The Balaban J connectivity index is 1.52. The number of nitrogens with one attached hydrogen (secondary N) is 1. The number of anilines is 2. The molecule has 0 bridgehead atoms. The zero-order valence-corrected chi connectivity index (χ0v) is 20.8. The maximum atomic E-state index is 12.9. The van der Waals surface area contributed by atoms with Gasteiger partial charge in [0.25, 0.3) is 0 Å². The van der Waals surface area contributed by atoms with E-state index in [1.54, 1.807) is 6.20 Å². The van der Waals surface area contributed by atoms with Crippen LogP contribution in [0.4, 0.5) is 11.4 Å². The van der Waals surface area contributed by atoms with Crippen molar-refractivity contribution < 1.29 is 14.3 Å². The van der Waals surface area contributed by atoms with Crippen LogP contribution in [0, 0.1) is 5.92 Å². The number of aromatic nitrogens is 1. The Morgan fingerprint density at radius 1 is 1.03 bits per heavy atom. The minimum atomic E-state index is 0.0797. The highest BCUT2D eigenvalue weighted by Gasteiger charge is 2.23. The van der Waals surface area contributed by atoms with Gasteiger partial charge in [-0.15, -0.1) is 0 Å². The van der Waals surface area contributed by atoms with Gasteiger partial charge in [0.15, 0.2) is 5.78 Å². The summed E-state index contributed by atoms with van der Waals surface area (Å²) in [6, 6.07) is 15.7. The number of hydrogen-bond donors (Lipinski definition) is 1. The molecule has 6 nitrogen and oxygen atoms in total. The molecule has 1 aliphatic heterocycles. The second kappa shape index (κ2) is 11.8. The fraction of sp³-hybridized carbons (Fsp3) is 0.414. The van der Waals surface area contributed by atoms with Gasteiger partial charge in [-0.05, 0) is 61.9 Å². The van der Waals surface area contributed by atoms with Crippen LogP contribution in [0.15, 0.2) is 54.7 Å². The number of carbonyl (C=O) groups excluding carboxylic acids is 2. The fourth-order valence-electron chi connectivity index (χ4n) is 4.57. The number of para-hydroxylation sites is 1. The second-order valence-electron chi connectivity index (χ2n) is 9.28. The first-order chi connectivity index (χ1) is 17.1. The van der Waals surface area contributed by atoms with Crippen molar-refractivity contribution in [2.45, 2.75) is 52.4 Å². The number of carbonyl (C=O) groups is 2. The molecule has 0 atom stereocenters. The van der Waals surface area contributed by atoms with Crippen LogP contribution in [-0.2, 0) is 4.79 Å². The first-order valence-electron chi connectivity index (χ1n) is 12.8. The molecule has 1 N–H and O–H groups in total. The van der Waals surface area contributed by atoms with Gasteiger partial charge < -0.3 is 15.0 Å². The van der Waals surface area contributed by atoms with E-state index in [9.17, 15) is 9.59 Å². The number of pyridine rings is 1. The van der Waals surface area contributed by atoms with E-state index in [0.29, 0.717) is 30.9 Å². The molecule has 3 aromatic rings. The fourth-order valence-corrected chi connectivity index (χ4v) is 4.57. The number of benzene rings is 2. The summed E-state index contributed by atoms with van der Waals surface area (Å²) in [6.07, 6.45) is 6.39. The molecular weight excluding hydrogens is 438 g/mol. The van der Waals surface area contributed by atoms with Crippen LogP contribution >= 0.6 is 0 Å². The summed E-state index contributed by atoms with van der Waals surface area (Å²) in [7, 11) is 0. The van der Waals surface area contributed by atoms with E-state index in [2.05, 4.69) is 10.3 Å². The molecule has 6 heteroatoms. The van der Waals surface area contributed by atoms with Crippen molar-refractivity contribution in [3.63, 3.8) is 0 Å². The Morgan fingerprint density at radius 2 is 1.77 bits per heavy atom. The summed E-state index contributed by atoms with van der Waals surface area (Å²) in [5.41, 5.74) is 3.10. The summed E-state index contributed by atoms with van der Waals surface area (Å²) in [4.78, 5) is 31.6. The molecule has 2 aromatic carbocycles. The van der Waals surface area contributed by atoms with Gasteiger partial charge in [-0.2, -0.15) is 0 Å². The van der Waals surface area contributed by atoms with Gasteiger partial charge in [-0.1, -0.05) is 32.0 Å². The number of piperidine rings is 1. The molecule has 4 rings (SSSR count). The van der Waals surface area contributed by atoms with E-state index in [1.165, 1.54) is 0 Å². The summed E-state index contributed by atoms with van der Waals surface area (Å²) in [6.45, 7) is 6.28. The molecule has 0 unspecified atom stereocenters. The van der Waals surface area contributed by atoms with E-state index in [0.717, 1.165) is 66.8 Å². The van der Waals surface area contributed by atoms with E-state index in [1.807, 2.05) is 67.3 Å². The molecule has 0 aliphatic carbocycles. The summed E-state index contributed by atoms with van der Waals surface area (Å²) in [5.74, 6) is 1.53. The number of fused-ring (bicyclic) bond motifs is 1. The van der Waals surface area contributed by atoms with Crippen LogP contribution in [-0.4, -0.2) is 41.3 Å². The highest BCUT2D eigenvalue weighted by Crippen LogP contribution is 2.33. The molecule has 1 saturated heterocycles. The predicted molar refractivity (Wildman–Crippen MR) is 140 cm³/mol. The lowest BCUT2D eigenvalue weighted by Gasteiger charge is -2.32. The molecule has 35 heavy (non-hydrogen) atoms. The monoisotopic (exact) mass is 473 g/mol. The number of hydrogen-bond acceptors (Lipinski definition) is 5. The lowest BCUT2D eigenvalue weighted by atomic mass is 9.97. The van der Waals surface area contributed by atoms with Crippen molar-refractivity contribution >= 4 is 34.0 Å². The molecule has 1 amide bonds. The van der Waals surface area contributed by atoms with Crippen molar-refractivity contribution in [2.24, 2.45) is 5.92 Å². The van der Waals surface area contributed by atoms with Gasteiger partial charge in [0, 0.05) is 43.2 Å². The number of likely N-dealkylation sites (tertiary alicyclic amines) is 1. The smallest absolute Gasteiger partial charge is 0.222 e.